The summed E-state index contributed by atoms with van der Waals surface area (Å²) in [6.07, 6.45) is -5.57. The summed E-state index contributed by atoms with van der Waals surface area (Å²) in [6, 6.07) is -3.98. The van der Waals surface area contributed by atoms with E-state index in [0.29, 0.717) is 0 Å². The molecular weight excluding hydrogens is 687 g/mol. The van der Waals surface area contributed by atoms with Gasteiger partial charge >= 0.3 is 124 Å². The van der Waals surface area contributed by atoms with Crippen LogP contribution in [0.4, 0.5) is 0 Å². The van der Waals surface area contributed by atoms with Crippen molar-refractivity contribution in [3.05, 3.63) is 0 Å². The molecule has 0 aliphatic rings. The summed E-state index contributed by atoms with van der Waals surface area (Å²) in [5.74, 6) is -10.6. The second kappa shape index (κ2) is 32.3. The maximum Gasteiger partial charge on any atom is 1.00 e. The SMILES string of the molecule is CC(CC(=O)O)OC(=O)[C@@H](N)CC(=O)[O-].CC(CC(=O)O)OC(=O)[C@@H](N)CC(=O)[O-].CC(CC(=O)O)OC(=O)[C@@H](N)CC(=O)[O-].[Na+].[Na+].[Na+]. The molecule has 0 aromatic heterocycles. The van der Waals surface area contributed by atoms with Gasteiger partial charge in [0.1, 0.15) is 36.4 Å². The quantitative estimate of drug-likeness (QED) is 0.0434. The monoisotopic (exact) mass is 723 g/mol. The fourth-order valence-corrected chi connectivity index (χ4v) is 2.51. The Kier molecular flexibility index (Phi) is 39.3. The number of hydrogen-bond acceptors (Lipinski definition) is 18. The minimum Gasteiger partial charge on any atom is -0.550 e. The first-order valence-electron chi connectivity index (χ1n) is 12.6. The zero-order chi connectivity index (χ0) is 36.0. The molecule has 258 valence electrons. The van der Waals surface area contributed by atoms with Gasteiger partial charge in [-0.25, -0.2) is 0 Å². The molecule has 0 bridgehead atoms. The molecule has 21 nitrogen and oxygen atoms in total. The molecule has 0 aliphatic carbocycles. The van der Waals surface area contributed by atoms with Gasteiger partial charge in [0, 0.05) is 37.2 Å². The number of carboxylic acids is 6. The van der Waals surface area contributed by atoms with Crippen LogP contribution in [0.25, 0.3) is 0 Å². The number of carbonyl (C=O) groups excluding carboxylic acids is 6. The smallest absolute Gasteiger partial charge is 0.550 e. The van der Waals surface area contributed by atoms with Crippen LogP contribution < -0.4 is 121 Å². The van der Waals surface area contributed by atoms with Crippen molar-refractivity contribution < 1.29 is 177 Å². The van der Waals surface area contributed by atoms with E-state index in [0.717, 1.165) is 0 Å². The Balaban J connectivity index is -0.000000134. The van der Waals surface area contributed by atoms with Crippen molar-refractivity contribution in [3.63, 3.8) is 0 Å². The van der Waals surface area contributed by atoms with Gasteiger partial charge in [0.2, 0.25) is 0 Å². The van der Waals surface area contributed by atoms with Crippen LogP contribution in [-0.2, 0) is 57.4 Å². The Morgan fingerprint density at radius 3 is 0.750 bits per heavy atom. The predicted molar refractivity (Wildman–Crippen MR) is 136 cm³/mol. The Bertz CT molecular complexity index is 936. The number of carbonyl (C=O) groups is 9. The summed E-state index contributed by atoms with van der Waals surface area (Å²) in [5, 5.41) is 55.3. The van der Waals surface area contributed by atoms with Crippen molar-refractivity contribution in [2.75, 3.05) is 0 Å². The largest absolute Gasteiger partial charge is 1.00 e. The number of nitrogens with two attached hydrogens (primary N) is 3. The van der Waals surface area contributed by atoms with Crippen LogP contribution in [0.15, 0.2) is 0 Å². The zero-order valence-electron chi connectivity index (χ0n) is 27.4. The van der Waals surface area contributed by atoms with Crippen LogP contribution >= 0.6 is 0 Å². The Morgan fingerprint density at radius 1 is 0.458 bits per heavy atom. The van der Waals surface area contributed by atoms with Gasteiger partial charge in [-0.1, -0.05) is 0 Å². The molecule has 0 radical (unpaired) electrons. The molecular formula is C24H36N3Na3O18. The summed E-state index contributed by atoms with van der Waals surface area (Å²) in [7, 11) is 0. The van der Waals surface area contributed by atoms with Crippen LogP contribution in [0, 0.1) is 0 Å². The van der Waals surface area contributed by atoms with Gasteiger partial charge in [0.15, 0.2) is 0 Å². The molecule has 0 saturated heterocycles. The number of hydrogen-bond donors (Lipinski definition) is 6. The predicted octanol–water partition coefficient (Wildman–Crippen LogP) is -15.4. The molecule has 0 amide bonds. The van der Waals surface area contributed by atoms with E-state index in [2.05, 4.69) is 14.2 Å². The zero-order valence-corrected chi connectivity index (χ0v) is 33.4. The van der Waals surface area contributed by atoms with Crippen molar-refractivity contribution in [1.29, 1.82) is 0 Å². The van der Waals surface area contributed by atoms with E-state index in [1.807, 2.05) is 0 Å². The molecule has 3 unspecified atom stereocenters. The fourth-order valence-electron chi connectivity index (χ4n) is 2.51. The van der Waals surface area contributed by atoms with Gasteiger partial charge < -0.3 is 76.4 Å². The molecule has 0 rings (SSSR count). The van der Waals surface area contributed by atoms with Gasteiger partial charge in [-0.15, -0.1) is 0 Å². The Morgan fingerprint density at radius 2 is 0.625 bits per heavy atom. The average Bonchev–Trinajstić information content (AvgIpc) is 2.81. The van der Waals surface area contributed by atoms with E-state index >= 15 is 0 Å². The number of ether oxygens (including phenoxy) is 3. The van der Waals surface area contributed by atoms with Crippen LogP contribution in [0.3, 0.4) is 0 Å². The van der Waals surface area contributed by atoms with Crippen molar-refractivity contribution in [2.45, 2.75) is 95.7 Å². The molecule has 0 spiro atoms. The third-order valence-electron chi connectivity index (χ3n) is 4.41. The van der Waals surface area contributed by atoms with E-state index in [1.165, 1.54) is 20.8 Å². The van der Waals surface area contributed by atoms with Gasteiger partial charge in [0.05, 0.1) is 19.3 Å². The molecule has 0 fully saturated rings. The molecule has 48 heavy (non-hydrogen) atoms. The van der Waals surface area contributed by atoms with Crippen molar-refractivity contribution in [2.24, 2.45) is 17.2 Å². The van der Waals surface area contributed by atoms with E-state index in [-0.39, 0.29) is 108 Å². The first-order valence-corrected chi connectivity index (χ1v) is 12.6. The minimum absolute atomic E-state index is 0. The molecule has 0 saturated carbocycles. The van der Waals surface area contributed by atoms with Crippen LogP contribution in [0.2, 0.25) is 0 Å². The summed E-state index contributed by atoms with van der Waals surface area (Å²) >= 11 is 0. The molecule has 9 N–H and O–H groups in total. The van der Waals surface area contributed by atoms with Crippen LogP contribution in [0.1, 0.15) is 59.3 Å². The number of aliphatic carboxylic acids is 6. The normalized spacial score (nSPS) is 13.1. The Labute approximate surface area is 340 Å². The van der Waals surface area contributed by atoms with Crippen molar-refractivity contribution >= 4 is 53.7 Å². The molecule has 24 heteroatoms. The maximum atomic E-state index is 11.0. The molecule has 0 heterocycles. The molecule has 6 atom stereocenters. The molecule has 0 aromatic carbocycles. The second-order valence-corrected chi connectivity index (χ2v) is 9.08. The summed E-state index contributed by atoms with van der Waals surface area (Å²) in [4.78, 5) is 94.0. The average molecular weight is 724 g/mol. The van der Waals surface area contributed by atoms with Crippen LogP contribution in [0.5, 0.6) is 0 Å². The number of carboxylic acid groups (broad SMARTS) is 6. The first-order chi connectivity index (χ1) is 20.5. The second-order valence-electron chi connectivity index (χ2n) is 9.08. The van der Waals surface area contributed by atoms with Crippen molar-refractivity contribution in [1.82, 2.24) is 0 Å². The standard InChI is InChI=1S/3C8H13NO6.3Na/c3*1-4(2-6(10)11)15-8(14)5(9)3-7(12)13;;;/h3*4-5H,2-3,9H2,1H3,(H,10,11)(H,12,13);;;/q;;;3*+1/p-3/t3*4?,5-;;;/m000.../s1. The third-order valence-corrected chi connectivity index (χ3v) is 4.41. The van der Waals surface area contributed by atoms with Gasteiger partial charge in [-0.05, 0) is 20.8 Å². The minimum atomic E-state index is -1.47. The van der Waals surface area contributed by atoms with E-state index in [4.69, 9.17) is 32.5 Å². The van der Waals surface area contributed by atoms with E-state index in [1.54, 1.807) is 0 Å². The third kappa shape index (κ3) is 38.6. The first kappa shape index (κ1) is 58.3. The maximum absolute atomic E-state index is 11.0. The summed E-state index contributed by atoms with van der Waals surface area (Å²) in [6.45, 7) is 4.12. The van der Waals surface area contributed by atoms with Gasteiger partial charge in [-0.2, -0.15) is 0 Å². The van der Waals surface area contributed by atoms with Crippen LogP contribution in [-0.4, -0.2) is 105 Å². The van der Waals surface area contributed by atoms with E-state index in [9.17, 15) is 58.5 Å². The summed E-state index contributed by atoms with van der Waals surface area (Å²) in [5.41, 5.74) is 15.5. The summed E-state index contributed by atoms with van der Waals surface area (Å²) < 4.78 is 13.8. The number of rotatable bonds is 18. The molecule has 0 aromatic rings. The van der Waals surface area contributed by atoms with Gasteiger partial charge in [0.25, 0.3) is 0 Å². The molecule has 0 aliphatic heterocycles. The topological polar surface area (TPSA) is 389 Å². The fraction of sp³-hybridized carbons (Fsp3) is 0.625. The number of esters is 3. The van der Waals surface area contributed by atoms with Gasteiger partial charge in [-0.3, -0.25) is 28.8 Å². The Hall–Kier alpha value is -1.89. The van der Waals surface area contributed by atoms with E-state index < -0.39 is 109 Å². The van der Waals surface area contributed by atoms with Crippen molar-refractivity contribution in [3.8, 4) is 0 Å².